The summed E-state index contributed by atoms with van der Waals surface area (Å²) >= 11 is 0. The third-order valence-electron chi connectivity index (χ3n) is 6.14. The third kappa shape index (κ3) is 5.04. The van der Waals surface area contributed by atoms with E-state index in [1.165, 1.54) is 12.1 Å². The number of pyridine rings is 1. The fourth-order valence-corrected chi connectivity index (χ4v) is 4.52. The molecule has 0 aliphatic carbocycles. The molecule has 4 aromatic rings. The molecule has 0 unspecified atom stereocenters. The van der Waals surface area contributed by atoms with Crippen LogP contribution in [0.2, 0.25) is 0 Å². The first kappa shape index (κ1) is 24.4. The fourth-order valence-electron chi connectivity index (χ4n) is 4.52. The van der Waals surface area contributed by atoms with Gasteiger partial charge in [0, 0.05) is 52.6 Å². The highest BCUT2D eigenvalue weighted by Crippen LogP contribution is 2.31. The van der Waals surface area contributed by atoms with Crippen LogP contribution < -0.4 is 10.9 Å². The average molecular weight is 478 g/mol. The molecule has 2 heterocycles. The lowest BCUT2D eigenvalue weighted by atomic mass is 9.99. The molecule has 1 amide bonds. The number of benzene rings is 2. The molecule has 182 valence electrons. The van der Waals surface area contributed by atoms with E-state index in [1.807, 2.05) is 56.7 Å². The Morgan fingerprint density at radius 2 is 1.74 bits per heavy atom. The van der Waals surface area contributed by atoms with E-state index < -0.39 is 11.6 Å². The zero-order valence-corrected chi connectivity index (χ0v) is 20.3. The molecule has 2 N–H and O–H groups in total. The van der Waals surface area contributed by atoms with Crippen LogP contribution in [0.5, 0.6) is 0 Å². The highest BCUT2D eigenvalue weighted by Gasteiger charge is 2.18. The second-order valence-electron chi connectivity index (χ2n) is 9.15. The van der Waals surface area contributed by atoms with Crippen LogP contribution in [0.15, 0.2) is 53.5 Å². The topological polar surface area (TPSA) is 66.9 Å². The molecule has 0 radical (unpaired) electrons. The minimum Gasteiger partial charge on any atom is -0.348 e. The smallest absolute Gasteiger partial charge is 0.253 e. The van der Waals surface area contributed by atoms with Crippen molar-refractivity contribution in [2.45, 2.75) is 53.1 Å². The van der Waals surface area contributed by atoms with Crippen molar-refractivity contribution in [3.63, 3.8) is 0 Å². The van der Waals surface area contributed by atoms with Gasteiger partial charge in [-0.15, -0.1) is 0 Å². The summed E-state index contributed by atoms with van der Waals surface area (Å²) in [6.45, 7) is 7.99. The lowest BCUT2D eigenvalue weighted by Gasteiger charge is -2.14. The maximum absolute atomic E-state index is 14.0. The molecular formula is C28H29F2N3O2. The number of hydrogen-bond donors (Lipinski definition) is 2. The number of carbonyl (C=O) groups excluding carboxylic acids is 1. The molecule has 35 heavy (non-hydrogen) atoms. The first-order valence-electron chi connectivity index (χ1n) is 11.8. The second-order valence-corrected chi connectivity index (χ2v) is 9.15. The normalized spacial score (nSPS) is 11.4. The van der Waals surface area contributed by atoms with E-state index in [0.717, 1.165) is 41.1 Å². The van der Waals surface area contributed by atoms with Gasteiger partial charge in [-0.25, -0.2) is 8.78 Å². The number of rotatable bonds is 7. The zero-order chi connectivity index (χ0) is 25.3. The summed E-state index contributed by atoms with van der Waals surface area (Å²) in [5.74, 6) is -1.74. The molecule has 0 saturated heterocycles. The number of H-pyrrole nitrogens is 1. The SMILES string of the molecule is CCCc1cc(C)[nH]c(=O)c1CNC(=O)c1cc(-c2cc(F)cc(F)c2)cc2c1ccn2C(C)C. The number of aryl methyl sites for hydroxylation is 2. The Balaban J connectivity index is 1.77. The quantitative estimate of drug-likeness (QED) is 0.340. The number of carbonyl (C=O) groups is 1. The average Bonchev–Trinajstić information content (AvgIpc) is 3.21. The highest BCUT2D eigenvalue weighted by molar-refractivity contribution is 6.08. The molecule has 0 saturated carbocycles. The first-order valence-corrected chi connectivity index (χ1v) is 11.8. The largest absolute Gasteiger partial charge is 0.348 e. The maximum Gasteiger partial charge on any atom is 0.253 e. The molecule has 0 aliphatic rings. The number of amides is 1. The van der Waals surface area contributed by atoms with E-state index in [1.54, 1.807) is 6.07 Å². The minimum absolute atomic E-state index is 0.0784. The molecule has 0 bridgehead atoms. The van der Waals surface area contributed by atoms with Crippen molar-refractivity contribution in [3.8, 4) is 11.1 Å². The van der Waals surface area contributed by atoms with Gasteiger partial charge in [-0.1, -0.05) is 13.3 Å². The van der Waals surface area contributed by atoms with E-state index in [2.05, 4.69) is 10.3 Å². The van der Waals surface area contributed by atoms with Crippen LogP contribution in [-0.2, 0) is 13.0 Å². The van der Waals surface area contributed by atoms with Gasteiger partial charge in [0.1, 0.15) is 11.6 Å². The zero-order valence-electron chi connectivity index (χ0n) is 20.3. The summed E-state index contributed by atoms with van der Waals surface area (Å²) in [6, 6.07) is 10.7. The maximum atomic E-state index is 14.0. The molecule has 0 aliphatic heterocycles. The Hall–Kier alpha value is -3.74. The number of nitrogens with zero attached hydrogens (tertiary/aromatic N) is 1. The molecule has 2 aromatic heterocycles. The first-order chi connectivity index (χ1) is 16.7. The van der Waals surface area contributed by atoms with Crippen molar-refractivity contribution in [3.05, 3.63) is 93.0 Å². The van der Waals surface area contributed by atoms with Crippen molar-refractivity contribution in [1.29, 1.82) is 0 Å². The number of aromatic nitrogens is 2. The Morgan fingerprint density at radius 3 is 2.40 bits per heavy atom. The van der Waals surface area contributed by atoms with Gasteiger partial charge in [0.2, 0.25) is 0 Å². The Morgan fingerprint density at radius 1 is 1.06 bits per heavy atom. The fraction of sp³-hybridized carbons (Fsp3) is 0.286. The monoisotopic (exact) mass is 477 g/mol. The van der Waals surface area contributed by atoms with Crippen LogP contribution in [0.25, 0.3) is 22.0 Å². The molecule has 0 atom stereocenters. The Labute approximate surface area is 202 Å². The predicted octanol–water partition coefficient (Wildman–Crippen LogP) is 6.05. The van der Waals surface area contributed by atoms with Crippen LogP contribution in [0, 0.1) is 18.6 Å². The van der Waals surface area contributed by atoms with Crippen molar-refractivity contribution in [1.82, 2.24) is 14.9 Å². The molecule has 7 heteroatoms. The number of hydrogen-bond acceptors (Lipinski definition) is 2. The molecule has 0 spiro atoms. The van der Waals surface area contributed by atoms with Crippen molar-refractivity contribution in [2.75, 3.05) is 0 Å². The summed E-state index contributed by atoms with van der Waals surface area (Å²) < 4.78 is 29.9. The van der Waals surface area contributed by atoms with Gasteiger partial charge in [-0.3, -0.25) is 9.59 Å². The van der Waals surface area contributed by atoms with Gasteiger partial charge in [0.25, 0.3) is 11.5 Å². The predicted molar refractivity (Wildman–Crippen MR) is 135 cm³/mol. The van der Waals surface area contributed by atoms with Crippen LogP contribution in [-0.4, -0.2) is 15.5 Å². The van der Waals surface area contributed by atoms with Crippen molar-refractivity contribution >= 4 is 16.8 Å². The van der Waals surface area contributed by atoms with Gasteiger partial charge in [0.15, 0.2) is 0 Å². The molecule has 4 rings (SSSR count). The Bertz CT molecular complexity index is 1450. The van der Waals surface area contributed by atoms with Gasteiger partial charge >= 0.3 is 0 Å². The number of halogens is 2. The molecular weight excluding hydrogens is 448 g/mol. The van der Waals surface area contributed by atoms with Gasteiger partial charge in [-0.2, -0.15) is 0 Å². The molecule has 0 fully saturated rings. The number of nitrogens with one attached hydrogen (secondary N) is 2. The minimum atomic E-state index is -0.688. The number of aromatic amines is 1. The molecule has 2 aromatic carbocycles. The van der Waals surface area contributed by atoms with E-state index >= 15 is 0 Å². The van der Waals surface area contributed by atoms with Crippen LogP contribution >= 0.6 is 0 Å². The third-order valence-corrected chi connectivity index (χ3v) is 6.14. The molecule has 5 nitrogen and oxygen atoms in total. The van der Waals surface area contributed by atoms with Crippen LogP contribution in [0.4, 0.5) is 8.78 Å². The summed E-state index contributed by atoms with van der Waals surface area (Å²) in [6.07, 6.45) is 3.50. The van der Waals surface area contributed by atoms with Gasteiger partial charge in [-0.05, 0) is 80.3 Å². The summed E-state index contributed by atoms with van der Waals surface area (Å²) in [5.41, 5.74) is 4.04. The van der Waals surface area contributed by atoms with Crippen LogP contribution in [0.3, 0.4) is 0 Å². The van der Waals surface area contributed by atoms with E-state index in [0.29, 0.717) is 22.3 Å². The van der Waals surface area contributed by atoms with E-state index in [9.17, 15) is 18.4 Å². The van der Waals surface area contributed by atoms with Crippen molar-refractivity contribution < 1.29 is 13.6 Å². The second kappa shape index (κ2) is 9.86. The highest BCUT2D eigenvalue weighted by atomic mass is 19.1. The summed E-state index contributed by atoms with van der Waals surface area (Å²) in [7, 11) is 0. The summed E-state index contributed by atoms with van der Waals surface area (Å²) in [4.78, 5) is 28.8. The van der Waals surface area contributed by atoms with Crippen molar-refractivity contribution in [2.24, 2.45) is 0 Å². The Kier molecular flexibility index (Phi) is 6.87. The van der Waals surface area contributed by atoms with E-state index in [-0.39, 0.29) is 24.1 Å². The number of fused-ring (bicyclic) bond motifs is 1. The summed E-state index contributed by atoms with van der Waals surface area (Å²) in [5, 5.41) is 3.62. The standard InChI is InChI=1S/C28H29F2N3O2/c1-5-6-18-9-17(4)32-28(35)25(18)15-31-27(34)24-12-20(19-10-21(29)14-22(30)11-19)13-26-23(24)7-8-33(26)16(2)3/h7-14,16H,5-6,15H2,1-4H3,(H,31,34)(H,32,35). The van der Waals surface area contributed by atoms with Crippen LogP contribution in [0.1, 0.15) is 60.4 Å². The van der Waals surface area contributed by atoms with Gasteiger partial charge in [0.05, 0.1) is 0 Å². The lowest BCUT2D eigenvalue weighted by molar-refractivity contribution is 0.0952. The van der Waals surface area contributed by atoms with E-state index in [4.69, 9.17) is 0 Å². The lowest BCUT2D eigenvalue weighted by Crippen LogP contribution is -2.28. The van der Waals surface area contributed by atoms with Gasteiger partial charge < -0.3 is 14.9 Å².